The molecule has 2 N–H and O–H groups in total. The fourth-order valence-electron chi connectivity index (χ4n) is 3.90. The monoisotopic (exact) mass is 306 g/mol. The van der Waals surface area contributed by atoms with E-state index in [4.69, 9.17) is 4.74 Å². The van der Waals surface area contributed by atoms with Gasteiger partial charge in [-0.3, -0.25) is 14.8 Å². The highest BCUT2D eigenvalue weighted by Gasteiger charge is 2.52. The van der Waals surface area contributed by atoms with E-state index in [1.807, 2.05) is 14.0 Å². The molecule has 2 saturated carbocycles. The number of nitrogens with one attached hydrogen (secondary N) is 2. The molecule has 0 saturated heterocycles. The molecular weight excluding hydrogens is 284 g/mol. The largest absolute Gasteiger partial charge is 0.469 e. The summed E-state index contributed by atoms with van der Waals surface area (Å²) in [5, 5.41) is 9.88. The number of carbonyl (C=O) groups excluding carboxylic acids is 2. The molecule has 120 valence electrons. The van der Waals surface area contributed by atoms with Crippen molar-refractivity contribution in [3.05, 3.63) is 11.8 Å². The number of aromatic nitrogens is 2. The summed E-state index contributed by atoms with van der Waals surface area (Å²) in [5.74, 6) is 0.770. The molecule has 0 aliphatic heterocycles. The highest BCUT2D eigenvalue weighted by atomic mass is 16.5. The van der Waals surface area contributed by atoms with Crippen molar-refractivity contribution in [3.63, 3.8) is 0 Å². The van der Waals surface area contributed by atoms with Gasteiger partial charge in [0.1, 0.15) is 0 Å². The van der Waals surface area contributed by atoms with Gasteiger partial charge in [-0.15, -0.1) is 0 Å². The van der Waals surface area contributed by atoms with Crippen LogP contribution in [-0.4, -0.2) is 34.9 Å². The molecule has 0 spiro atoms. The molecule has 0 aromatic carbocycles. The Balaban J connectivity index is 1.66. The molecule has 2 amide bonds. The first kappa shape index (κ1) is 14.9. The first-order valence-electron chi connectivity index (χ1n) is 7.65. The average molecular weight is 306 g/mol. The van der Waals surface area contributed by atoms with Crippen LogP contribution in [0.1, 0.15) is 25.0 Å². The number of anilines is 1. The van der Waals surface area contributed by atoms with Gasteiger partial charge in [0.25, 0.3) is 0 Å². The minimum absolute atomic E-state index is 0.143. The normalized spacial score (nSPS) is 29.4. The zero-order chi connectivity index (χ0) is 15.9. The minimum Gasteiger partial charge on any atom is -0.469 e. The third-order valence-corrected chi connectivity index (χ3v) is 5.04. The summed E-state index contributed by atoms with van der Waals surface area (Å²) < 4.78 is 6.61. The van der Waals surface area contributed by atoms with Crippen molar-refractivity contribution in [1.29, 1.82) is 0 Å². The lowest BCUT2D eigenvalue weighted by Crippen LogP contribution is -2.48. The number of esters is 1. The average Bonchev–Trinajstić information content (AvgIpc) is 3.14. The first-order chi connectivity index (χ1) is 10.5. The quantitative estimate of drug-likeness (QED) is 0.827. The van der Waals surface area contributed by atoms with E-state index >= 15 is 0 Å². The summed E-state index contributed by atoms with van der Waals surface area (Å²) >= 11 is 0. The lowest BCUT2D eigenvalue weighted by atomic mass is 9.84. The van der Waals surface area contributed by atoms with Crippen molar-refractivity contribution in [2.75, 3.05) is 12.4 Å². The van der Waals surface area contributed by atoms with Crippen molar-refractivity contribution in [1.82, 2.24) is 15.1 Å². The number of methoxy groups -OCH3 is 1. The fraction of sp³-hybridized carbons (Fsp3) is 0.667. The smallest absolute Gasteiger partial charge is 0.320 e. The van der Waals surface area contributed by atoms with Gasteiger partial charge in [-0.05, 0) is 38.0 Å². The van der Waals surface area contributed by atoms with Crippen molar-refractivity contribution in [2.45, 2.75) is 32.2 Å². The van der Waals surface area contributed by atoms with E-state index < -0.39 is 0 Å². The van der Waals surface area contributed by atoms with Crippen LogP contribution in [0.5, 0.6) is 0 Å². The second-order valence-electron chi connectivity index (χ2n) is 6.30. The van der Waals surface area contributed by atoms with Crippen LogP contribution in [0.25, 0.3) is 0 Å². The second-order valence-corrected chi connectivity index (χ2v) is 6.30. The zero-order valence-corrected chi connectivity index (χ0v) is 13.1. The van der Waals surface area contributed by atoms with E-state index in [-0.39, 0.29) is 24.0 Å². The first-order valence-corrected chi connectivity index (χ1v) is 7.65. The SMILES string of the molecule is COC(=O)C1C2CCC(C2)C1NC(=O)Nc1cc(C)n(C)n1. The Kier molecular flexibility index (Phi) is 3.80. The fourth-order valence-corrected chi connectivity index (χ4v) is 3.90. The Morgan fingerprint density at radius 2 is 2.09 bits per heavy atom. The van der Waals surface area contributed by atoms with Gasteiger partial charge in [0.05, 0.1) is 13.0 Å². The van der Waals surface area contributed by atoms with Crippen LogP contribution in [0.4, 0.5) is 10.6 Å². The van der Waals surface area contributed by atoms with Crippen LogP contribution in [0.3, 0.4) is 0 Å². The van der Waals surface area contributed by atoms with Crippen LogP contribution in [0.2, 0.25) is 0 Å². The molecular formula is C15H22N4O3. The maximum Gasteiger partial charge on any atom is 0.320 e. The summed E-state index contributed by atoms with van der Waals surface area (Å²) in [6, 6.07) is 1.35. The molecule has 4 atom stereocenters. The van der Waals surface area contributed by atoms with Crippen LogP contribution < -0.4 is 10.6 Å². The van der Waals surface area contributed by atoms with Crippen LogP contribution >= 0.6 is 0 Å². The zero-order valence-electron chi connectivity index (χ0n) is 13.1. The van der Waals surface area contributed by atoms with Gasteiger partial charge in [-0.1, -0.05) is 0 Å². The van der Waals surface area contributed by atoms with E-state index in [2.05, 4.69) is 15.7 Å². The van der Waals surface area contributed by atoms with Crippen molar-refractivity contribution in [3.8, 4) is 0 Å². The Bertz CT molecular complexity index is 578. The molecule has 22 heavy (non-hydrogen) atoms. The number of amides is 2. The van der Waals surface area contributed by atoms with E-state index in [9.17, 15) is 9.59 Å². The molecule has 4 unspecified atom stereocenters. The third kappa shape index (κ3) is 2.55. The number of urea groups is 1. The number of ether oxygens (including phenoxy) is 1. The lowest BCUT2D eigenvalue weighted by molar-refractivity contribution is -0.148. The number of fused-ring (bicyclic) bond motifs is 2. The van der Waals surface area contributed by atoms with Gasteiger partial charge in [-0.25, -0.2) is 4.79 Å². The molecule has 2 aliphatic rings. The molecule has 2 fully saturated rings. The standard InChI is InChI=1S/C15H22N4O3/c1-8-6-11(18-19(8)2)16-15(21)17-13-10-5-4-9(7-10)12(13)14(20)22-3/h6,9-10,12-13H,4-5,7H2,1-3H3,(H2,16,17,18,21). The highest BCUT2D eigenvalue weighted by Crippen LogP contribution is 2.48. The maximum absolute atomic E-state index is 12.2. The number of carbonyl (C=O) groups is 2. The van der Waals surface area contributed by atoms with Gasteiger partial charge in [0.15, 0.2) is 5.82 Å². The van der Waals surface area contributed by atoms with Gasteiger partial charge in [0.2, 0.25) is 0 Å². The van der Waals surface area contributed by atoms with Crippen molar-refractivity contribution in [2.24, 2.45) is 24.8 Å². The highest BCUT2D eigenvalue weighted by molar-refractivity contribution is 5.89. The molecule has 7 nitrogen and oxygen atoms in total. The van der Waals surface area contributed by atoms with Gasteiger partial charge in [0, 0.05) is 24.8 Å². The molecule has 0 radical (unpaired) electrons. The summed E-state index contributed by atoms with van der Waals surface area (Å²) in [6.45, 7) is 1.92. The summed E-state index contributed by atoms with van der Waals surface area (Å²) in [4.78, 5) is 24.2. The summed E-state index contributed by atoms with van der Waals surface area (Å²) in [5.41, 5.74) is 0.961. The Labute approximate surface area is 129 Å². The number of aryl methyl sites for hydroxylation is 2. The van der Waals surface area contributed by atoms with Crippen molar-refractivity contribution < 1.29 is 14.3 Å². The number of nitrogens with zero attached hydrogens (tertiary/aromatic N) is 2. The van der Waals surface area contributed by atoms with E-state index in [0.717, 1.165) is 25.0 Å². The molecule has 1 heterocycles. The maximum atomic E-state index is 12.2. The third-order valence-electron chi connectivity index (χ3n) is 5.04. The number of hydrogen-bond acceptors (Lipinski definition) is 4. The second kappa shape index (κ2) is 5.62. The Morgan fingerprint density at radius 1 is 1.36 bits per heavy atom. The molecule has 1 aromatic heterocycles. The van der Waals surface area contributed by atoms with E-state index in [0.29, 0.717) is 17.7 Å². The molecule has 7 heteroatoms. The molecule has 2 bridgehead atoms. The Hall–Kier alpha value is -2.05. The van der Waals surface area contributed by atoms with Gasteiger partial charge < -0.3 is 10.1 Å². The molecule has 1 aromatic rings. The number of rotatable bonds is 3. The summed E-state index contributed by atoms with van der Waals surface area (Å²) in [6.07, 6.45) is 3.10. The van der Waals surface area contributed by atoms with Gasteiger partial charge >= 0.3 is 12.0 Å². The lowest BCUT2D eigenvalue weighted by Gasteiger charge is -2.29. The predicted octanol–water partition coefficient (Wildman–Crippen LogP) is 1.44. The van der Waals surface area contributed by atoms with E-state index in [1.165, 1.54) is 7.11 Å². The predicted molar refractivity (Wildman–Crippen MR) is 80.2 cm³/mol. The van der Waals surface area contributed by atoms with Gasteiger partial charge in [-0.2, -0.15) is 5.10 Å². The van der Waals surface area contributed by atoms with Crippen LogP contribution in [-0.2, 0) is 16.6 Å². The van der Waals surface area contributed by atoms with Crippen molar-refractivity contribution >= 4 is 17.8 Å². The molecule has 2 aliphatic carbocycles. The number of hydrogen-bond donors (Lipinski definition) is 2. The van der Waals surface area contributed by atoms with Crippen LogP contribution in [0.15, 0.2) is 6.07 Å². The Morgan fingerprint density at radius 3 is 2.73 bits per heavy atom. The molecule has 3 rings (SSSR count). The van der Waals surface area contributed by atoms with Crippen LogP contribution in [0, 0.1) is 24.7 Å². The topological polar surface area (TPSA) is 85.2 Å². The van der Waals surface area contributed by atoms with E-state index in [1.54, 1.807) is 10.7 Å². The minimum atomic E-state index is -0.315. The summed E-state index contributed by atoms with van der Waals surface area (Å²) in [7, 11) is 3.23.